The number of benzene rings is 2. The first-order valence-electron chi connectivity index (χ1n) is 12.1. The Balaban J connectivity index is 1.79. The number of halogens is 1. The van der Waals surface area contributed by atoms with Crippen molar-refractivity contribution in [2.24, 2.45) is 0 Å². The molecular formula is C27H33FN6O. The molecule has 0 spiro atoms. The Bertz CT molecular complexity index is 1350. The van der Waals surface area contributed by atoms with Gasteiger partial charge in [0.25, 0.3) is 5.56 Å². The number of fused-ring (bicyclic) bond motifs is 1. The largest absolute Gasteiger partial charge is 0.322 e. The van der Waals surface area contributed by atoms with E-state index in [1.807, 2.05) is 29.8 Å². The summed E-state index contributed by atoms with van der Waals surface area (Å²) in [5, 5.41) is 13.7. The van der Waals surface area contributed by atoms with Crippen LogP contribution >= 0.6 is 0 Å². The van der Waals surface area contributed by atoms with Crippen molar-refractivity contribution in [3.8, 4) is 0 Å². The zero-order valence-electron chi connectivity index (χ0n) is 21.0. The highest BCUT2D eigenvalue weighted by Gasteiger charge is 2.30. The summed E-state index contributed by atoms with van der Waals surface area (Å²) in [6.07, 6.45) is 1.72. The van der Waals surface area contributed by atoms with Gasteiger partial charge in [0, 0.05) is 24.2 Å². The molecule has 4 rings (SSSR count). The molecule has 0 saturated carbocycles. The van der Waals surface area contributed by atoms with Crippen LogP contribution in [0.5, 0.6) is 0 Å². The van der Waals surface area contributed by atoms with Crippen molar-refractivity contribution in [1.82, 2.24) is 30.1 Å². The number of rotatable bonds is 8. The molecular weight excluding hydrogens is 443 g/mol. The smallest absolute Gasteiger partial charge is 0.252 e. The van der Waals surface area contributed by atoms with Crippen LogP contribution in [0.4, 0.5) is 4.39 Å². The number of pyridine rings is 1. The molecule has 0 radical (unpaired) electrons. The van der Waals surface area contributed by atoms with Crippen LogP contribution in [0.1, 0.15) is 69.1 Å². The van der Waals surface area contributed by atoms with Gasteiger partial charge in [-0.2, -0.15) is 0 Å². The average molecular weight is 477 g/mol. The molecule has 35 heavy (non-hydrogen) atoms. The van der Waals surface area contributed by atoms with Crippen LogP contribution in [-0.2, 0) is 18.6 Å². The van der Waals surface area contributed by atoms with Crippen molar-refractivity contribution in [3.05, 3.63) is 87.2 Å². The van der Waals surface area contributed by atoms with Crippen molar-refractivity contribution < 1.29 is 4.39 Å². The van der Waals surface area contributed by atoms with Gasteiger partial charge in [0.2, 0.25) is 0 Å². The van der Waals surface area contributed by atoms with Crippen LogP contribution in [-0.4, -0.2) is 30.1 Å². The zero-order chi connectivity index (χ0) is 25.2. The van der Waals surface area contributed by atoms with Gasteiger partial charge in [-0.05, 0) is 85.8 Å². The van der Waals surface area contributed by atoms with Gasteiger partial charge in [0.05, 0.1) is 11.6 Å². The summed E-state index contributed by atoms with van der Waals surface area (Å²) in [5.41, 5.74) is 3.15. The summed E-state index contributed by atoms with van der Waals surface area (Å²) in [6.45, 7) is 11.3. The molecule has 4 aromatic rings. The van der Waals surface area contributed by atoms with Crippen LogP contribution in [0.15, 0.2) is 53.3 Å². The van der Waals surface area contributed by atoms with Gasteiger partial charge in [0.15, 0.2) is 5.82 Å². The van der Waals surface area contributed by atoms with Gasteiger partial charge >= 0.3 is 0 Å². The molecule has 0 fully saturated rings. The number of nitrogens with zero attached hydrogens (tertiary/aromatic N) is 5. The number of aryl methyl sites for hydroxylation is 1. The Labute approximate surface area is 205 Å². The minimum atomic E-state index is -0.301. The molecule has 0 aliphatic rings. The second-order valence-corrected chi connectivity index (χ2v) is 10.2. The summed E-state index contributed by atoms with van der Waals surface area (Å²) in [6, 6.07) is 14.3. The van der Waals surface area contributed by atoms with Crippen LogP contribution in [0.25, 0.3) is 10.9 Å². The fraction of sp³-hybridized carbons (Fsp3) is 0.407. The van der Waals surface area contributed by atoms with Gasteiger partial charge in [0.1, 0.15) is 5.82 Å². The second-order valence-electron chi connectivity index (χ2n) is 10.2. The molecule has 8 heteroatoms. The number of hydrogen-bond acceptors (Lipinski definition) is 5. The van der Waals surface area contributed by atoms with E-state index in [9.17, 15) is 9.18 Å². The summed E-state index contributed by atoms with van der Waals surface area (Å²) < 4.78 is 15.5. The third-order valence-corrected chi connectivity index (χ3v) is 6.18. The molecule has 1 unspecified atom stereocenters. The predicted molar refractivity (Wildman–Crippen MR) is 135 cm³/mol. The van der Waals surface area contributed by atoms with Crippen LogP contribution in [0, 0.1) is 12.7 Å². The van der Waals surface area contributed by atoms with Crippen molar-refractivity contribution >= 4 is 10.9 Å². The van der Waals surface area contributed by atoms with Crippen molar-refractivity contribution in [2.75, 3.05) is 0 Å². The first-order chi connectivity index (χ1) is 16.7. The van der Waals surface area contributed by atoms with Crippen LogP contribution in [0.2, 0.25) is 0 Å². The molecule has 7 nitrogen and oxygen atoms in total. The Hall–Kier alpha value is -3.39. The molecule has 0 amide bonds. The quantitative estimate of drug-likeness (QED) is 0.375. The summed E-state index contributed by atoms with van der Waals surface area (Å²) in [5.74, 6) is 0.484. The molecule has 0 aliphatic heterocycles. The molecule has 2 heterocycles. The molecule has 1 N–H and O–H groups in total. The first kappa shape index (κ1) is 24.7. The lowest BCUT2D eigenvalue weighted by Crippen LogP contribution is -2.35. The van der Waals surface area contributed by atoms with Gasteiger partial charge in [-0.15, -0.1) is 5.10 Å². The van der Waals surface area contributed by atoms with Gasteiger partial charge in [-0.1, -0.05) is 37.1 Å². The number of nitrogens with one attached hydrogen (secondary N) is 1. The number of hydrogen-bond donors (Lipinski definition) is 1. The zero-order valence-corrected chi connectivity index (χ0v) is 21.0. The van der Waals surface area contributed by atoms with Crippen molar-refractivity contribution in [2.45, 2.75) is 72.1 Å². The van der Waals surface area contributed by atoms with E-state index in [0.717, 1.165) is 40.7 Å². The number of H-pyrrole nitrogens is 1. The lowest BCUT2D eigenvalue weighted by Gasteiger charge is -2.33. The fourth-order valence-electron chi connectivity index (χ4n) is 4.44. The Morgan fingerprint density at radius 3 is 2.51 bits per heavy atom. The van der Waals surface area contributed by atoms with E-state index in [0.29, 0.717) is 18.7 Å². The molecule has 184 valence electrons. The average Bonchev–Trinajstić information content (AvgIpc) is 3.29. The topological polar surface area (TPSA) is 79.7 Å². The minimum absolute atomic E-state index is 0.115. The summed E-state index contributed by atoms with van der Waals surface area (Å²) in [4.78, 5) is 18.3. The monoisotopic (exact) mass is 476 g/mol. The molecule has 0 aliphatic carbocycles. The Morgan fingerprint density at radius 1 is 1.09 bits per heavy atom. The normalized spacial score (nSPS) is 13.0. The number of tetrazole rings is 1. The Kier molecular flexibility index (Phi) is 7.12. The van der Waals surface area contributed by atoms with Crippen LogP contribution < -0.4 is 5.56 Å². The van der Waals surface area contributed by atoms with E-state index in [2.05, 4.69) is 59.2 Å². The fourth-order valence-corrected chi connectivity index (χ4v) is 4.44. The van der Waals surface area contributed by atoms with E-state index < -0.39 is 0 Å². The highest BCUT2D eigenvalue weighted by atomic mass is 19.1. The highest BCUT2D eigenvalue weighted by Crippen LogP contribution is 2.30. The lowest BCUT2D eigenvalue weighted by molar-refractivity contribution is 0.148. The maximum atomic E-state index is 13.6. The molecule has 2 aromatic heterocycles. The van der Waals surface area contributed by atoms with Crippen LogP contribution in [0.3, 0.4) is 0 Å². The van der Waals surface area contributed by atoms with E-state index >= 15 is 0 Å². The number of aromatic nitrogens is 5. The maximum Gasteiger partial charge on any atom is 0.252 e. The Morgan fingerprint density at radius 2 is 1.83 bits per heavy atom. The molecule has 0 bridgehead atoms. The lowest BCUT2D eigenvalue weighted by atomic mass is 10.0. The van der Waals surface area contributed by atoms with Gasteiger partial charge in [-0.25, -0.2) is 9.07 Å². The van der Waals surface area contributed by atoms with Gasteiger partial charge < -0.3 is 4.98 Å². The van der Waals surface area contributed by atoms with Crippen molar-refractivity contribution in [1.29, 1.82) is 0 Å². The van der Waals surface area contributed by atoms with E-state index in [-0.39, 0.29) is 23.0 Å². The first-order valence-corrected chi connectivity index (χ1v) is 12.1. The van der Waals surface area contributed by atoms with Gasteiger partial charge in [-0.3, -0.25) is 9.69 Å². The maximum absolute atomic E-state index is 13.6. The van der Waals surface area contributed by atoms with Crippen molar-refractivity contribution in [3.63, 3.8) is 0 Å². The van der Waals surface area contributed by atoms with E-state index in [4.69, 9.17) is 0 Å². The predicted octanol–water partition coefficient (Wildman–Crippen LogP) is 5.26. The second kappa shape index (κ2) is 10.1. The minimum Gasteiger partial charge on any atom is -0.322 e. The SMILES string of the molecule is CCCC(c1nnnn1C(C)(C)C)N(Cc1ccc(F)cc1)Cc1cc2cc(C)ccc2[nH]c1=O. The van der Waals surface area contributed by atoms with E-state index in [1.54, 1.807) is 12.1 Å². The van der Waals surface area contributed by atoms with E-state index in [1.165, 1.54) is 12.1 Å². The third kappa shape index (κ3) is 5.65. The number of aromatic amines is 1. The molecule has 0 saturated heterocycles. The standard InChI is InChI=1S/C27H33FN6O/c1-6-7-24(25-30-31-32-34(25)27(3,4)5)33(16-19-9-11-22(28)12-10-19)17-21-15-20-14-18(2)8-13-23(20)29-26(21)35/h8-15,24H,6-7,16-17H2,1-5H3,(H,29,35). The third-order valence-electron chi connectivity index (χ3n) is 6.18. The highest BCUT2D eigenvalue weighted by molar-refractivity contribution is 5.79. The summed E-state index contributed by atoms with van der Waals surface area (Å²) >= 11 is 0. The molecule has 1 atom stereocenters. The summed E-state index contributed by atoms with van der Waals surface area (Å²) in [7, 11) is 0. The molecule has 2 aromatic carbocycles.